The number of hydrogen-bond acceptors (Lipinski definition) is 4. The fourth-order valence-electron chi connectivity index (χ4n) is 1.93. The molecule has 18 heavy (non-hydrogen) atoms. The van der Waals surface area contributed by atoms with E-state index in [1.807, 2.05) is 0 Å². The molecule has 0 fully saturated rings. The summed E-state index contributed by atoms with van der Waals surface area (Å²) in [5, 5.41) is 35.8. The Balaban J connectivity index is 3.06. The van der Waals surface area contributed by atoms with Gasteiger partial charge in [0.1, 0.15) is 23.2 Å². The highest BCUT2D eigenvalue weighted by atomic mass is 16.3. The minimum Gasteiger partial charge on any atom is -0.507 e. The van der Waals surface area contributed by atoms with Gasteiger partial charge in [0.2, 0.25) is 0 Å². The lowest BCUT2D eigenvalue weighted by molar-refractivity contribution is 0.467. The molecule has 0 bridgehead atoms. The van der Waals surface area contributed by atoms with Crippen LogP contribution >= 0.6 is 0 Å². The van der Waals surface area contributed by atoms with Gasteiger partial charge in [-0.1, -0.05) is 24.3 Å². The molecule has 6 heteroatoms. The third-order valence-electron chi connectivity index (χ3n) is 2.70. The molecule has 0 aliphatic rings. The Labute approximate surface area is 102 Å². The molecule has 0 aliphatic carbocycles. The molecule has 0 spiro atoms. The SMILES string of the molecule is N=C(N)c1c(C(=N)N)c(O)c2ccccc2c1O. The van der Waals surface area contributed by atoms with Crippen molar-refractivity contribution in [3.05, 3.63) is 35.4 Å². The molecule has 2 rings (SSSR count). The summed E-state index contributed by atoms with van der Waals surface area (Å²) in [5.41, 5.74) is 10.5. The lowest BCUT2D eigenvalue weighted by Crippen LogP contribution is -2.21. The van der Waals surface area contributed by atoms with E-state index in [4.69, 9.17) is 22.3 Å². The monoisotopic (exact) mass is 244 g/mol. The topological polar surface area (TPSA) is 140 Å². The zero-order valence-corrected chi connectivity index (χ0v) is 9.36. The summed E-state index contributed by atoms with van der Waals surface area (Å²) in [7, 11) is 0. The molecular weight excluding hydrogens is 232 g/mol. The van der Waals surface area contributed by atoms with Crippen LogP contribution in [0.25, 0.3) is 10.8 Å². The van der Waals surface area contributed by atoms with Gasteiger partial charge in [-0.3, -0.25) is 10.8 Å². The van der Waals surface area contributed by atoms with Crippen molar-refractivity contribution in [2.45, 2.75) is 0 Å². The fraction of sp³-hybridized carbons (Fsp3) is 0. The average Bonchev–Trinajstić information content (AvgIpc) is 2.32. The van der Waals surface area contributed by atoms with Gasteiger partial charge in [-0.25, -0.2) is 0 Å². The Kier molecular flexibility index (Phi) is 2.55. The first-order valence-electron chi connectivity index (χ1n) is 5.10. The van der Waals surface area contributed by atoms with Crippen molar-refractivity contribution in [3.8, 4) is 11.5 Å². The molecule has 2 aromatic carbocycles. The minimum absolute atomic E-state index is 0.126. The van der Waals surface area contributed by atoms with Crippen LogP contribution in [0.1, 0.15) is 11.1 Å². The predicted molar refractivity (Wildman–Crippen MR) is 69.3 cm³/mol. The highest BCUT2D eigenvalue weighted by molar-refractivity contribution is 6.17. The van der Waals surface area contributed by atoms with Crippen LogP contribution in [-0.4, -0.2) is 21.9 Å². The quantitative estimate of drug-likeness (QED) is 0.264. The highest BCUT2D eigenvalue weighted by Gasteiger charge is 2.22. The van der Waals surface area contributed by atoms with Gasteiger partial charge in [0.25, 0.3) is 0 Å². The molecule has 92 valence electrons. The summed E-state index contributed by atoms with van der Waals surface area (Å²) in [6.07, 6.45) is 0. The smallest absolute Gasteiger partial charge is 0.135 e. The molecule has 0 atom stereocenters. The Morgan fingerprint density at radius 3 is 1.44 bits per heavy atom. The number of rotatable bonds is 2. The molecule has 0 aromatic heterocycles. The second kappa shape index (κ2) is 3.92. The normalized spacial score (nSPS) is 10.4. The van der Waals surface area contributed by atoms with Crippen molar-refractivity contribution in [3.63, 3.8) is 0 Å². The van der Waals surface area contributed by atoms with E-state index >= 15 is 0 Å². The van der Waals surface area contributed by atoms with Crippen molar-refractivity contribution >= 4 is 22.4 Å². The standard InChI is InChI=1S/C12H12N4O2/c13-11(14)7-8(12(15)16)10(18)6-4-2-1-3-5(6)9(7)17/h1-4,17-18H,(H3,13,14)(H3,15,16). The van der Waals surface area contributed by atoms with E-state index in [0.29, 0.717) is 10.8 Å². The third kappa shape index (κ3) is 1.51. The number of phenols is 2. The van der Waals surface area contributed by atoms with E-state index in [-0.39, 0.29) is 22.6 Å². The molecule has 0 unspecified atom stereocenters. The van der Waals surface area contributed by atoms with Crippen LogP contribution in [0.2, 0.25) is 0 Å². The molecular formula is C12H12N4O2. The number of aromatic hydroxyl groups is 2. The largest absolute Gasteiger partial charge is 0.507 e. The highest BCUT2D eigenvalue weighted by Crippen LogP contribution is 2.38. The lowest BCUT2D eigenvalue weighted by atomic mass is 9.96. The molecule has 0 heterocycles. The van der Waals surface area contributed by atoms with Crippen LogP contribution in [0.3, 0.4) is 0 Å². The Hall–Kier alpha value is -2.76. The van der Waals surface area contributed by atoms with E-state index in [2.05, 4.69) is 0 Å². The van der Waals surface area contributed by atoms with Crippen molar-refractivity contribution < 1.29 is 10.2 Å². The molecule has 6 nitrogen and oxygen atoms in total. The van der Waals surface area contributed by atoms with Crippen LogP contribution in [-0.2, 0) is 0 Å². The molecule has 8 N–H and O–H groups in total. The van der Waals surface area contributed by atoms with Crippen molar-refractivity contribution in [1.82, 2.24) is 0 Å². The summed E-state index contributed by atoms with van der Waals surface area (Å²) in [4.78, 5) is 0. The maximum Gasteiger partial charge on any atom is 0.135 e. The van der Waals surface area contributed by atoms with E-state index in [0.717, 1.165) is 0 Å². The van der Waals surface area contributed by atoms with Gasteiger partial charge >= 0.3 is 0 Å². The van der Waals surface area contributed by atoms with Crippen LogP contribution in [0.5, 0.6) is 11.5 Å². The van der Waals surface area contributed by atoms with Crippen LogP contribution < -0.4 is 11.5 Å². The minimum atomic E-state index is -0.459. The number of nitrogens with one attached hydrogen (secondary N) is 2. The van der Waals surface area contributed by atoms with Crippen LogP contribution in [0, 0.1) is 10.8 Å². The van der Waals surface area contributed by atoms with Gasteiger partial charge in [-0.15, -0.1) is 0 Å². The van der Waals surface area contributed by atoms with Crippen molar-refractivity contribution in [2.24, 2.45) is 11.5 Å². The first-order chi connectivity index (χ1) is 8.45. The number of hydrogen-bond donors (Lipinski definition) is 6. The lowest BCUT2D eigenvalue weighted by Gasteiger charge is -2.14. The van der Waals surface area contributed by atoms with Crippen LogP contribution in [0.15, 0.2) is 24.3 Å². The Bertz CT molecular complexity index is 621. The summed E-state index contributed by atoms with van der Waals surface area (Å²) in [6.45, 7) is 0. The fourth-order valence-corrected chi connectivity index (χ4v) is 1.93. The first-order valence-corrected chi connectivity index (χ1v) is 5.10. The number of amidine groups is 2. The molecule has 2 aromatic rings. The molecule has 0 saturated carbocycles. The van der Waals surface area contributed by atoms with Gasteiger partial charge in [0.15, 0.2) is 0 Å². The summed E-state index contributed by atoms with van der Waals surface area (Å²) >= 11 is 0. The van der Waals surface area contributed by atoms with E-state index in [1.165, 1.54) is 0 Å². The van der Waals surface area contributed by atoms with E-state index in [1.54, 1.807) is 24.3 Å². The summed E-state index contributed by atoms with van der Waals surface area (Å²) in [5.74, 6) is -1.44. The van der Waals surface area contributed by atoms with Crippen molar-refractivity contribution in [1.29, 1.82) is 10.8 Å². The number of benzene rings is 2. The predicted octanol–water partition coefficient (Wildman–Crippen LogP) is 0.819. The molecule has 0 radical (unpaired) electrons. The third-order valence-corrected chi connectivity index (χ3v) is 2.70. The number of nitrogens with two attached hydrogens (primary N) is 2. The summed E-state index contributed by atoms with van der Waals surface area (Å²) in [6, 6.07) is 6.53. The second-order valence-electron chi connectivity index (χ2n) is 3.82. The first kappa shape index (κ1) is 11.7. The Morgan fingerprint density at radius 2 is 1.17 bits per heavy atom. The van der Waals surface area contributed by atoms with Crippen LogP contribution in [0.4, 0.5) is 0 Å². The van der Waals surface area contributed by atoms with Gasteiger partial charge in [-0.05, 0) is 0 Å². The zero-order chi connectivity index (χ0) is 13.4. The van der Waals surface area contributed by atoms with E-state index < -0.39 is 11.7 Å². The van der Waals surface area contributed by atoms with Gasteiger partial charge in [-0.2, -0.15) is 0 Å². The maximum absolute atomic E-state index is 10.1. The van der Waals surface area contributed by atoms with Gasteiger partial charge < -0.3 is 21.7 Å². The van der Waals surface area contributed by atoms with Gasteiger partial charge in [0.05, 0.1) is 11.1 Å². The molecule has 0 saturated heterocycles. The zero-order valence-electron chi connectivity index (χ0n) is 9.36. The number of nitrogen functional groups attached to an aromatic ring is 2. The second-order valence-corrected chi connectivity index (χ2v) is 3.82. The maximum atomic E-state index is 10.1. The van der Waals surface area contributed by atoms with Crippen molar-refractivity contribution in [2.75, 3.05) is 0 Å². The molecule has 0 amide bonds. The van der Waals surface area contributed by atoms with E-state index in [9.17, 15) is 10.2 Å². The number of phenolic OH excluding ortho intramolecular Hbond substituents is 2. The average molecular weight is 244 g/mol. The number of fused-ring (bicyclic) bond motifs is 1. The Morgan fingerprint density at radius 1 is 0.833 bits per heavy atom. The molecule has 0 aliphatic heterocycles. The van der Waals surface area contributed by atoms with Gasteiger partial charge in [0, 0.05) is 10.8 Å². The summed E-state index contributed by atoms with van der Waals surface area (Å²) < 4.78 is 0.